The average molecular weight is 416 g/mol. The molecule has 2 aromatic heterocycles. The molecule has 3 heterocycles. The first-order valence-corrected chi connectivity index (χ1v) is 10.4. The number of hydrogen-bond acceptors (Lipinski definition) is 5. The number of fused-ring (bicyclic) bond motifs is 1. The van der Waals surface area contributed by atoms with Gasteiger partial charge < -0.3 is 9.42 Å². The molecule has 0 bridgehead atoms. The maximum absolute atomic E-state index is 14.0. The highest BCUT2D eigenvalue weighted by molar-refractivity contribution is 6.05. The summed E-state index contributed by atoms with van der Waals surface area (Å²) in [5.41, 5.74) is 0.804. The zero-order chi connectivity index (χ0) is 21.2. The SMILES string of the molecule is O=C(c1nccc2ccccc12)N1CCC[C@@H](Cc2nc(-c3ccccc3F)no2)C1. The normalized spacial score (nSPS) is 16.5. The van der Waals surface area contributed by atoms with Crippen molar-refractivity contribution in [1.82, 2.24) is 20.0 Å². The number of carbonyl (C=O) groups excluding carboxylic acids is 1. The molecule has 2 aromatic carbocycles. The van der Waals surface area contributed by atoms with Gasteiger partial charge in [-0.1, -0.05) is 41.6 Å². The Kier molecular flexibility index (Phi) is 5.16. The lowest BCUT2D eigenvalue weighted by molar-refractivity contribution is 0.0664. The fraction of sp³-hybridized carbons (Fsp3) is 0.250. The summed E-state index contributed by atoms with van der Waals surface area (Å²) < 4.78 is 19.4. The maximum Gasteiger partial charge on any atom is 0.273 e. The summed E-state index contributed by atoms with van der Waals surface area (Å²) in [4.78, 5) is 23.8. The number of pyridine rings is 1. The molecule has 7 heteroatoms. The van der Waals surface area contributed by atoms with Crippen LogP contribution in [-0.4, -0.2) is 39.0 Å². The fourth-order valence-electron chi connectivity index (χ4n) is 4.19. The third-order valence-electron chi connectivity index (χ3n) is 5.73. The zero-order valence-corrected chi connectivity index (χ0v) is 16.9. The molecule has 1 saturated heterocycles. The molecule has 5 rings (SSSR count). The topological polar surface area (TPSA) is 72.1 Å². The number of likely N-dealkylation sites (tertiary alicyclic amines) is 1. The van der Waals surface area contributed by atoms with Gasteiger partial charge in [0.05, 0.1) is 5.56 Å². The van der Waals surface area contributed by atoms with E-state index in [1.807, 2.05) is 35.2 Å². The molecule has 0 saturated carbocycles. The summed E-state index contributed by atoms with van der Waals surface area (Å²) in [6, 6.07) is 16.1. The number of hydrogen-bond donors (Lipinski definition) is 0. The Hall–Kier alpha value is -3.61. The number of aromatic nitrogens is 3. The van der Waals surface area contributed by atoms with E-state index in [4.69, 9.17) is 4.52 Å². The molecule has 0 radical (unpaired) electrons. The third kappa shape index (κ3) is 3.91. The van der Waals surface area contributed by atoms with Gasteiger partial charge in [0.15, 0.2) is 0 Å². The molecule has 1 aliphatic rings. The van der Waals surface area contributed by atoms with Crippen LogP contribution >= 0.6 is 0 Å². The summed E-state index contributed by atoms with van der Waals surface area (Å²) in [7, 11) is 0. The summed E-state index contributed by atoms with van der Waals surface area (Å²) in [5, 5.41) is 5.80. The van der Waals surface area contributed by atoms with Gasteiger partial charge in [-0.2, -0.15) is 4.98 Å². The Morgan fingerprint density at radius 3 is 2.87 bits per heavy atom. The minimum atomic E-state index is -0.383. The fourth-order valence-corrected chi connectivity index (χ4v) is 4.19. The Morgan fingerprint density at radius 1 is 1.13 bits per heavy atom. The molecule has 0 unspecified atom stereocenters. The van der Waals surface area contributed by atoms with Crippen molar-refractivity contribution in [3.63, 3.8) is 0 Å². The van der Waals surface area contributed by atoms with Crippen LogP contribution < -0.4 is 0 Å². The van der Waals surface area contributed by atoms with E-state index in [1.165, 1.54) is 6.07 Å². The van der Waals surface area contributed by atoms with Gasteiger partial charge in [0.2, 0.25) is 11.7 Å². The van der Waals surface area contributed by atoms with Gasteiger partial charge >= 0.3 is 0 Å². The summed E-state index contributed by atoms with van der Waals surface area (Å²) in [6.07, 6.45) is 4.09. The number of carbonyl (C=O) groups is 1. The molecule has 0 N–H and O–H groups in total. The Bertz CT molecular complexity index is 1230. The second kappa shape index (κ2) is 8.26. The molecule has 1 amide bonds. The number of rotatable bonds is 4. The lowest BCUT2D eigenvalue weighted by atomic mass is 9.94. The first-order valence-electron chi connectivity index (χ1n) is 10.4. The molecule has 4 aromatic rings. The molecule has 1 aliphatic heterocycles. The van der Waals surface area contributed by atoms with E-state index in [1.54, 1.807) is 24.4 Å². The predicted octanol–water partition coefficient (Wildman–Crippen LogP) is 4.52. The second-order valence-corrected chi connectivity index (χ2v) is 7.84. The van der Waals surface area contributed by atoms with Gasteiger partial charge in [0.1, 0.15) is 11.5 Å². The average Bonchev–Trinajstić information content (AvgIpc) is 3.27. The van der Waals surface area contributed by atoms with Crippen LogP contribution in [-0.2, 0) is 6.42 Å². The van der Waals surface area contributed by atoms with Crippen molar-refractivity contribution in [2.24, 2.45) is 5.92 Å². The molecule has 31 heavy (non-hydrogen) atoms. The van der Waals surface area contributed by atoms with Crippen LogP contribution in [0.4, 0.5) is 4.39 Å². The van der Waals surface area contributed by atoms with Crippen molar-refractivity contribution in [1.29, 1.82) is 0 Å². The van der Waals surface area contributed by atoms with Gasteiger partial charge in [0.25, 0.3) is 5.91 Å². The van der Waals surface area contributed by atoms with Crippen LogP contribution in [0.15, 0.2) is 65.3 Å². The maximum atomic E-state index is 14.0. The van der Waals surface area contributed by atoms with Gasteiger partial charge in [-0.15, -0.1) is 0 Å². The number of halogens is 1. The third-order valence-corrected chi connectivity index (χ3v) is 5.73. The van der Waals surface area contributed by atoms with Crippen molar-refractivity contribution >= 4 is 16.7 Å². The molecule has 156 valence electrons. The minimum Gasteiger partial charge on any atom is -0.339 e. The van der Waals surface area contributed by atoms with Gasteiger partial charge in [-0.05, 0) is 42.3 Å². The van der Waals surface area contributed by atoms with Crippen molar-refractivity contribution in [3.05, 3.63) is 78.2 Å². The van der Waals surface area contributed by atoms with Gasteiger partial charge in [-0.25, -0.2) is 4.39 Å². The molecule has 1 atom stereocenters. The highest BCUT2D eigenvalue weighted by Crippen LogP contribution is 2.25. The van der Waals surface area contributed by atoms with Crippen molar-refractivity contribution < 1.29 is 13.7 Å². The van der Waals surface area contributed by atoms with E-state index in [9.17, 15) is 9.18 Å². The largest absolute Gasteiger partial charge is 0.339 e. The van der Waals surface area contributed by atoms with E-state index in [-0.39, 0.29) is 23.5 Å². The van der Waals surface area contributed by atoms with Gasteiger partial charge in [-0.3, -0.25) is 9.78 Å². The first kappa shape index (κ1) is 19.4. The zero-order valence-electron chi connectivity index (χ0n) is 16.9. The quantitative estimate of drug-likeness (QED) is 0.489. The van der Waals surface area contributed by atoms with Crippen LogP contribution in [0.2, 0.25) is 0 Å². The predicted molar refractivity (Wildman–Crippen MR) is 114 cm³/mol. The molecule has 6 nitrogen and oxygen atoms in total. The van der Waals surface area contributed by atoms with Crippen LogP contribution in [0.25, 0.3) is 22.2 Å². The van der Waals surface area contributed by atoms with E-state index < -0.39 is 0 Å². The summed E-state index contributed by atoms with van der Waals surface area (Å²) >= 11 is 0. The highest BCUT2D eigenvalue weighted by Gasteiger charge is 2.27. The van der Waals surface area contributed by atoms with E-state index in [2.05, 4.69) is 15.1 Å². The molecular formula is C24H21FN4O2. The van der Waals surface area contributed by atoms with E-state index in [0.717, 1.165) is 23.6 Å². The summed E-state index contributed by atoms with van der Waals surface area (Å²) in [5.74, 6) is 0.463. The Morgan fingerprint density at radius 2 is 1.97 bits per heavy atom. The molecule has 0 aliphatic carbocycles. The molecule has 0 spiro atoms. The molecule has 1 fully saturated rings. The molecular weight excluding hydrogens is 395 g/mol. The lowest BCUT2D eigenvalue weighted by Gasteiger charge is -2.32. The smallest absolute Gasteiger partial charge is 0.273 e. The lowest BCUT2D eigenvalue weighted by Crippen LogP contribution is -2.41. The first-order chi connectivity index (χ1) is 15.2. The van der Waals surface area contributed by atoms with Crippen LogP contribution in [0.5, 0.6) is 0 Å². The Balaban J connectivity index is 1.31. The van der Waals surface area contributed by atoms with Crippen LogP contribution in [0, 0.1) is 11.7 Å². The second-order valence-electron chi connectivity index (χ2n) is 7.84. The highest BCUT2D eigenvalue weighted by atomic mass is 19.1. The number of benzene rings is 2. The Labute approximate surface area is 178 Å². The monoisotopic (exact) mass is 416 g/mol. The van der Waals surface area contributed by atoms with E-state index in [0.29, 0.717) is 36.7 Å². The van der Waals surface area contributed by atoms with Gasteiger partial charge in [0, 0.05) is 31.1 Å². The summed E-state index contributed by atoms with van der Waals surface area (Å²) in [6.45, 7) is 1.30. The van der Waals surface area contributed by atoms with Crippen molar-refractivity contribution in [2.75, 3.05) is 13.1 Å². The van der Waals surface area contributed by atoms with Crippen LogP contribution in [0.3, 0.4) is 0 Å². The van der Waals surface area contributed by atoms with Crippen molar-refractivity contribution in [2.45, 2.75) is 19.3 Å². The van der Waals surface area contributed by atoms with Crippen molar-refractivity contribution in [3.8, 4) is 11.4 Å². The number of amides is 1. The number of nitrogens with zero attached hydrogens (tertiary/aromatic N) is 4. The van der Waals surface area contributed by atoms with Crippen LogP contribution in [0.1, 0.15) is 29.2 Å². The standard InChI is InChI=1S/C24H21FN4O2/c25-20-10-4-3-9-19(20)23-27-21(31-28-23)14-16-6-5-13-29(15-16)24(30)22-18-8-2-1-7-17(18)11-12-26-22/h1-4,7-12,16H,5-6,13-15H2/t16-/m0/s1. The van der Waals surface area contributed by atoms with E-state index >= 15 is 0 Å². The number of piperidine rings is 1. The minimum absolute atomic E-state index is 0.0564.